The van der Waals surface area contributed by atoms with E-state index in [0.717, 1.165) is 5.25 Å². The Morgan fingerprint density at radius 1 is 1.00 bits per heavy atom. The van der Waals surface area contributed by atoms with E-state index in [1.165, 1.54) is 42.6 Å². The van der Waals surface area contributed by atoms with Crippen molar-refractivity contribution < 1.29 is 0 Å². The highest BCUT2D eigenvalue weighted by Gasteiger charge is 2.14. The van der Waals surface area contributed by atoms with E-state index in [4.69, 9.17) is 0 Å². The monoisotopic (exact) mass is 238 g/mol. The Morgan fingerprint density at radius 3 is 2.33 bits per heavy atom. The first-order valence-electron chi connectivity index (χ1n) is 5.74. The highest BCUT2D eigenvalue weighted by molar-refractivity contribution is 8.76. The fourth-order valence-electron chi connectivity index (χ4n) is 1.88. The average Bonchev–Trinajstić information content (AvgIpc) is 2.30. The molecule has 0 amide bonds. The van der Waals surface area contributed by atoms with Crippen LogP contribution in [0.25, 0.3) is 0 Å². The highest BCUT2D eigenvalue weighted by atomic mass is 33.1. The van der Waals surface area contributed by atoms with Crippen LogP contribution >= 0.6 is 21.6 Å². The lowest BCUT2D eigenvalue weighted by Crippen LogP contribution is -2.06. The summed E-state index contributed by atoms with van der Waals surface area (Å²) >= 11 is 0. The van der Waals surface area contributed by atoms with E-state index in [-0.39, 0.29) is 0 Å². The first-order valence-corrected chi connectivity index (χ1v) is 7.96. The van der Waals surface area contributed by atoms with Gasteiger partial charge in [0.2, 0.25) is 0 Å². The molecule has 0 spiro atoms. The Bertz CT molecular complexity index is 286. The summed E-state index contributed by atoms with van der Waals surface area (Å²) in [4.78, 5) is 1.40. The molecule has 2 heteroatoms. The van der Waals surface area contributed by atoms with Crippen molar-refractivity contribution in [3.63, 3.8) is 0 Å². The van der Waals surface area contributed by atoms with Crippen LogP contribution in [0.2, 0.25) is 0 Å². The molecule has 0 saturated heterocycles. The van der Waals surface area contributed by atoms with E-state index < -0.39 is 0 Å². The van der Waals surface area contributed by atoms with Gasteiger partial charge < -0.3 is 0 Å². The van der Waals surface area contributed by atoms with Gasteiger partial charge in [0.05, 0.1) is 0 Å². The standard InChI is InChI=1S/C13H18S2/c1-11-7-9-13(10-8-11)15-14-12-5-3-2-4-6-12/h7-10,12H,2-6H2,1H3. The third-order valence-electron chi connectivity index (χ3n) is 2.85. The summed E-state index contributed by atoms with van der Waals surface area (Å²) in [5.74, 6) is 0. The third kappa shape index (κ3) is 3.76. The minimum Gasteiger partial charge on any atom is -0.0855 e. The zero-order chi connectivity index (χ0) is 10.5. The maximum Gasteiger partial charge on any atom is 0.0183 e. The maximum absolute atomic E-state index is 2.23. The smallest absolute Gasteiger partial charge is 0.0183 e. The molecule has 0 aliphatic heterocycles. The van der Waals surface area contributed by atoms with Crippen LogP contribution in [0.1, 0.15) is 37.7 Å². The lowest BCUT2D eigenvalue weighted by atomic mass is 10.0. The van der Waals surface area contributed by atoms with E-state index in [9.17, 15) is 0 Å². The van der Waals surface area contributed by atoms with Crippen molar-refractivity contribution in [1.82, 2.24) is 0 Å². The van der Waals surface area contributed by atoms with Crippen molar-refractivity contribution in [2.24, 2.45) is 0 Å². The number of aryl methyl sites for hydroxylation is 1. The van der Waals surface area contributed by atoms with Crippen molar-refractivity contribution >= 4 is 21.6 Å². The van der Waals surface area contributed by atoms with E-state index >= 15 is 0 Å². The molecule has 15 heavy (non-hydrogen) atoms. The number of rotatable bonds is 3. The van der Waals surface area contributed by atoms with Crippen LogP contribution in [0.15, 0.2) is 29.2 Å². The number of hydrogen-bond donors (Lipinski definition) is 0. The first kappa shape index (κ1) is 11.4. The van der Waals surface area contributed by atoms with Gasteiger partial charge in [0, 0.05) is 10.1 Å². The van der Waals surface area contributed by atoms with Crippen molar-refractivity contribution in [2.75, 3.05) is 0 Å². The highest BCUT2D eigenvalue weighted by Crippen LogP contribution is 2.40. The molecule has 82 valence electrons. The molecule has 2 rings (SSSR count). The Kier molecular flexibility index (Phi) is 4.45. The summed E-state index contributed by atoms with van der Waals surface area (Å²) < 4.78 is 0. The second-order valence-electron chi connectivity index (χ2n) is 4.25. The van der Waals surface area contributed by atoms with Crippen LogP contribution in [-0.2, 0) is 0 Å². The van der Waals surface area contributed by atoms with Crippen molar-refractivity contribution in [1.29, 1.82) is 0 Å². The molecule has 1 saturated carbocycles. The molecule has 1 aliphatic rings. The first-order chi connectivity index (χ1) is 7.34. The van der Waals surface area contributed by atoms with Gasteiger partial charge in [0.15, 0.2) is 0 Å². The van der Waals surface area contributed by atoms with Gasteiger partial charge in [0.1, 0.15) is 0 Å². The Morgan fingerprint density at radius 2 is 1.67 bits per heavy atom. The molecule has 1 aromatic carbocycles. The fraction of sp³-hybridized carbons (Fsp3) is 0.538. The molecule has 0 N–H and O–H groups in total. The molecule has 0 atom stereocenters. The van der Waals surface area contributed by atoms with E-state index in [2.05, 4.69) is 42.0 Å². The number of hydrogen-bond acceptors (Lipinski definition) is 2. The van der Waals surface area contributed by atoms with Crippen LogP contribution in [0.3, 0.4) is 0 Å². The van der Waals surface area contributed by atoms with Gasteiger partial charge in [-0.1, -0.05) is 58.5 Å². The van der Waals surface area contributed by atoms with Crippen molar-refractivity contribution in [2.45, 2.75) is 49.2 Å². The second-order valence-corrected chi connectivity index (χ2v) is 6.83. The summed E-state index contributed by atoms with van der Waals surface area (Å²) in [7, 11) is 4.03. The molecule has 0 radical (unpaired) electrons. The van der Waals surface area contributed by atoms with Crippen LogP contribution in [0, 0.1) is 6.92 Å². The van der Waals surface area contributed by atoms with Gasteiger partial charge in [-0.25, -0.2) is 0 Å². The molecule has 0 bridgehead atoms. The predicted octanol–water partition coefficient (Wildman–Crippen LogP) is 5.07. The van der Waals surface area contributed by atoms with Crippen LogP contribution < -0.4 is 0 Å². The van der Waals surface area contributed by atoms with E-state index in [1.54, 1.807) is 0 Å². The fourth-order valence-corrected chi connectivity index (χ4v) is 4.55. The Balaban J connectivity index is 1.79. The molecular formula is C13H18S2. The lowest BCUT2D eigenvalue weighted by Gasteiger charge is -2.20. The summed E-state index contributed by atoms with van der Waals surface area (Å²) in [6.07, 6.45) is 7.16. The van der Waals surface area contributed by atoms with Gasteiger partial charge in [0.25, 0.3) is 0 Å². The minimum absolute atomic E-state index is 0.894. The molecular weight excluding hydrogens is 220 g/mol. The summed E-state index contributed by atoms with van der Waals surface area (Å²) in [5.41, 5.74) is 1.35. The average molecular weight is 238 g/mol. The van der Waals surface area contributed by atoms with E-state index in [1.807, 2.05) is 10.8 Å². The SMILES string of the molecule is Cc1ccc(SSC2CCCCC2)cc1. The molecule has 0 aromatic heterocycles. The lowest BCUT2D eigenvalue weighted by molar-refractivity contribution is 0.517. The quantitative estimate of drug-likeness (QED) is 0.674. The maximum atomic E-state index is 2.23. The molecule has 0 unspecified atom stereocenters. The number of benzene rings is 1. The predicted molar refractivity (Wildman–Crippen MR) is 71.5 cm³/mol. The zero-order valence-corrected chi connectivity index (χ0v) is 10.9. The van der Waals surface area contributed by atoms with Crippen molar-refractivity contribution in [3.8, 4) is 0 Å². The molecule has 1 aromatic rings. The topological polar surface area (TPSA) is 0 Å². The largest absolute Gasteiger partial charge is 0.0855 e. The minimum atomic E-state index is 0.894. The summed E-state index contributed by atoms with van der Waals surface area (Å²) in [6, 6.07) is 8.86. The Hall–Kier alpha value is -0.0800. The summed E-state index contributed by atoms with van der Waals surface area (Å²) in [5, 5.41) is 0.894. The van der Waals surface area contributed by atoms with Gasteiger partial charge >= 0.3 is 0 Å². The normalized spacial score (nSPS) is 17.9. The Labute approximate surface area is 101 Å². The van der Waals surface area contributed by atoms with Gasteiger partial charge in [-0.15, -0.1) is 0 Å². The molecule has 0 nitrogen and oxygen atoms in total. The van der Waals surface area contributed by atoms with Crippen LogP contribution in [0.4, 0.5) is 0 Å². The van der Waals surface area contributed by atoms with E-state index in [0.29, 0.717) is 0 Å². The molecule has 0 heterocycles. The third-order valence-corrected chi connectivity index (χ3v) is 5.84. The van der Waals surface area contributed by atoms with Crippen LogP contribution in [0.5, 0.6) is 0 Å². The van der Waals surface area contributed by atoms with Crippen LogP contribution in [-0.4, -0.2) is 5.25 Å². The van der Waals surface area contributed by atoms with Gasteiger partial charge in [-0.3, -0.25) is 0 Å². The second kappa shape index (κ2) is 5.86. The zero-order valence-electron chi connectivity index (χ0n) is 9.24. The van der Waals surface area contributed by atoms with Crippen molar-refractivity contribution in [3.05, 3.63) is 29.8 Å². The summed E-state index contributed by atoms with van der Waals surface area (Å²) in [6.45, 7) is 2.14. The molecule has 1 aliphatic carbocycles. The molecule has 1 fully saturated rings. The van der Waals surface area contributed by atoms with Gasteiger partial charge in [-0.05, 0) is 31.9 Å². The van der Waals surface area contributed by atoms with Gasteiger partial charge in [-0.2, -0.15) is 0 Å².